The molecular formula is C19H34O4. The molecule has 0 aromatic heterocycles. The summed E-state index contributed by atoms with van der Waals surface area (Å²) in [5.41, 5.74) is 0.312. The molecule has 7 atom stereocenters. The lowest BCUT2D eigenvalue weighted by Gasteiger charge is -2.37. The molecule has 3 unspecified atom stereocenters. The van der Waals surface area contributed by atoms with Crippen molar-refractivity contribution in [2.24, 2.45) is 17.3 Å². The fraction of sp³-hybridized carbons (Fsp3) is 0.895. The molecule has 134 valence electrons. The number of allylic oxidation sites excluding steroid dienone is 1. The molecule has 0 radical (unpaired) electrons. The van der Waals surface area contributed by atoms with Gasteiger partial charge < -0.3 is 19.3 Å². The van der Waals surface area contributed by atoms with Crippen molar-refractivity contribution in [1.29, 1.82) is 0 Å². The van der Waals surface area contributed by atoms with Crippen molar-refractivity contribution in [1.82, 2.24) is 0 Å². The summed E-state index contributed by atoms with van der Waals surface area (Å²) in [4.78, 5) is 0. The Kier molecular flexibility index (Phi) is 6.15. The van der Waals surface area contributed by atoms with E-state index in [1.807, 2.05) is 13.8 Å². The van der Waals surface area contributed by atoms with Crippen LogP contribution in [-0.4, -0.2) is 36.3 Å². The molecule has 0 bridgehead atoms. The van der Waals surface area contributed by atoms with E-state index in [-0.39, 0.29) is 30.5 Å². The zero-order valence-electron chi connectivity index (χ0n) is 15.4. The van der Waals surface area contributed by atoms with Gasteiger partial charge in [-0.2, -0.15) is 0 Å². The molecule has 4 heteroatoms. The Morgan fingerprint density at radius 2 is 2.13 bits per heavy atom. The van der Waals surface area contributed by atoms with E-state index >= 15 is 0 Å². The fourth-order valence-electron chi connectivity index (χ4n) is 3.59. The molecule has 4 nitrogen and oxygen atoms in total. The SMILES string of the molecule is C=C(OCC)C1C[C@@]1(C)CC[C@@H](C)OC1O[C@@H](C)C(O)C[C@H]1C. The summed E-state index contributed by atoms with van der Waals surface area (Å²) in [6, 6.07) is 0. The van der Waals surface area contributed by atoms with Gasteiger partial charge in [0, 0.05) is 11.8 Å². The van der Waals surface area contributed by atoms with Gasteiger partial charge in [-0.05, 0) is 51.9 Å². The molecule has 2 aliphatic rings. The summed E-state index contributed by atoms with van der Waals surface area (Å²) >= 11 is 0. The van der Waals surface area contributed by atoms with E-state index in [9.17, 15) is 5.11 Å². The number of aliphatic hydroxyl groups is 1. The van der Waals surface area contributed by atoms with E-state index in [0.29, 0.717) is 17.9 Å². The third kappa shape index (κ3) is 4.71. The van der Waals surface area contributed by atoms with Crippen LogP contribution in [0.5, 0.6) is 0 Å². The average molecular weight is 326 g/mol. The monoisotopic (exact) mass is 326 g/mol. The van der Waals surface area contributed by atoms with Gasteiger partial charge in [-0.15, -0.1) is 0 Å². The molecule has 2 rings (SSSR count). The van der Waals surface area contributed by atoms with E-state index in [2.05, 4.69) is 27.4 Å². The van der Waals surface area contributed by atoms with Gasteiger partial charge in [0.2, 0.25) is 0 Å². The van der Waals surface area contributed by atoms with Crippen molar-refractivity contribution in [3.63, 3.8) is 0 Å². The van der Waals surface area contributed by atoms with Crippen LogP contribution < -0.4 is 0 Å². The Bertz CT molecular complexity index is 410. The van der Waals surface area contributed by atoms with Crippen LogP contribution in [0, 0.1) is 17.3 Å². The Morgan fingerprint density at radius 3 is 2.78 bits per heavy atom. The van der Waals surface area contributed by atoms with E-state index in [1.54, 1.807) is 0 Å². The molecule has 1 saturated carbocycles. The van der Waals surface area contributed by atoms with E-state index in [1.165, 1.54) is 0 Å². The van der Waals surface area contributed by atoms with Crippen LogP contribution in [0.3, 0.4) is 0 Å². The largest absolute Gasteiger partial charge is 0.499 e. The molecule has 23 heavy (non-hydrogen) atoms. The molecule has 1 aliphatic carbocycles. The van der Waals surface area contributed by atoms with Crippen molar-refractivity contribution < 1.29 is 19.3 Å². The second kappa shape index (κ2) is 7.54. The Labute approximate surface area is 141 Å². The molecule has 2 fully saturated rings. The minimum atomic E-state index is -0.379. The summed E-state index contributed by atoms with van der Waals surface area (Å²) < 4.78 is 17.5. The number of rotatable bonds is 8. The predicted molar refractivity (Wildman–Crippen MR) is 90.9 cm³/mol. The van der Waals surface area contributed by atoms with Gasteiger partial charge in [0.05, 0.1) is 30.7 Å². The number of hydrogen-bond acceptors (Lipinski definition) is 4. The van der Waals surface area contributed by atoms with Gasteiger partial charge in [0.15, 0.2) is 6.29 Å². The first-order valence-electron chi connectivity index (χ1n) is 9.07. The number of aliphatic hydroxyl groups excluding tert-OH is 1. The zero-order chi connectivity index (χ0) is 17.2. The van der Waals surface area contributed by atoms with Crippen LogP contribution in [0.4, 0.5) is 0 Å². The van der Waals surface area contributed by atoms with E-state index in [4.69, 9.17) is 14.2 Å². The lowest BCUT2D eigenvalue weighted by molar-refractivity contribution is -0.255. The smallest absolute Gasteiger partial charge is 0.161 e. The highest BCUT2D eigenvalue weighted by Crippen LogP contribution is 2.59. The maximum absolute atomic E-state index is 9.84. The van der Waals surface area contributed by atoms with Crippen molar-refractivity contribution in [3.8, 4) is 0 Å². The lowest BCUT2D eigenvalue weighted by Crippen LogP contribution is -2.44. The Balaban J connectivity index is 1.73. The van der Waals surface area contributed by atoms with Gasteiger partial charge in [-0.25, -0.2) is 0 Å². The van der Waals surface area contributed by atoms with E-state index in [0.717, 1.165) is 31.4 Å². The van der Waals surface area contributed by atoms with Gasteiger partial charge in [-0.3, -0.25) is 0 Å². The van der Waals surface area contributed by atoms with Crippen LogP contribution in [0.15, 0.2) is 12.3 Å². The number of hydrogen-bond donors (Lipinski definition) is 1. The quantitative estimate of drug-likeness (QED) is 0.688. The molecule has 0 aromatic rings. The highest BCUT2D eigenvalue weighted by Gasteiger charge is 2.51. The average Bonchev–Trinajstić information content (AvgIpc) is 3.16. The summed E-state index contributed by atoms with van der Waals surface area (Å²) in [5.74, 6) is 1.66. The topological polar surface area (TPSA) is 47.9 Å². The summed E-state index contributed by atoms with van der Waals surface area (Å²) in [6.07, 6.45) is 3.46. The highest BCUT2D eigenvalue weighted by atomic mass is 16.7. The van der Waals surface area contributed by atoms with Crippen LogP contribution in [0.1, 0.15) is 60.3 Å². The minimum Gasteiger partial charge on any atom is -0.499 e. The normalized spacial score (nSPS) is 41.4. The molecular weight excluding hydrogens is 292 g/mol. The van der Waals surface area contributed by atoms with Gasteiger partial charge in [-0.1, -0.05) is 20.4 Å². The van der Waals surface area contributed by atoms with Gasteiger partial charge in [0.1, 0.15) is 0 Å². The maximum atomic E-state index is 9.84. The van der Waals surface area contributed by atoms with Crippen molar-refractivity contribution in [3.05, 3.63) is 12.3 Å². The third-order valence-corrected chi connectivity index (χ3v) is 5.53. The highest BCUT2D eigenvalue weighted by molar-refractivity contribution is 5.12. The Hall–Kier alpha value is -0.580. The van der Waals surface area contributed by atoms with Crippen molar-refractivity contribution >= 4 is 0 Å². The molecule has 1 aliphatic heterocycles. The van der Waals surface area contributed by atoms with Crippen molar-refractivity contribution in [2.45, 2.75) is 84.9 Å². The first-order valence-corrected chi connectivity index (χ1v) is 9.07. The molecule has 0 aromatic carbocycles. The summed E-state index contributed by atoms with van der Waals surface area (Å²) in [5, 5.41) is 9.84. The molecule has 1 saturated heterocycles. The van der Waals surface area contributed by atoms with Gasteiger partial charge in [0.25, 0.3) is 0 Å². The third-order valence-electron chi connectivity index (χ3n) is 5.53. The van der Waals surface area contributed by atoms with Gasteiger partial charge >= 0.3 is 0 Å². The first kappa shape index (κ1) is 18.8. The summed E-state index contributed by atoms with van der Waals surface area (Å²) in [7, 11) is 0. The molecule has 0 spiro atoms. The van der Waals surface area contributed by atoms with E-state index < -0.39 is 0 Å². The second-order valence-electron chi connectivity index (χ2n) is 7.79. The molecule has 1 heterocycles. The lowest BCUT2D eigenvalue weighted by atomic mass is 9.95. The first-order chi connectivity index (χ1) is 10.8. The fourth-order valence-corrected chi connectivity index (χ4v) is 3.59. The number of ether oxygens (including phenoxy) is 3. The predicted octanol–water partition coefficient (Wildman–Crippen LogP) is 3.88. The standard InChI is InChI=1S/C19H34O4/c1-7-21-14(4)16-11-19(16,6)9-8-13(3)22-18-12(2)10-17(20)15(5)23-18/h12-13,15-18,20H,4,7-11H2,1-3,5-6H3/t12-,13-,15+,16?,17?,18?,19-/m1/s1. The molecule has 1 N–H and O–H groups in total. The van der Waals surface area contributed by atoms with Crippen molar-refractivity contribution in [2.75, 3.05) is 6.61 Å². The zero-order valence-corrected chi connectivity index (χ0v) is 15.4. The second-order valence-corrected chi connectivity index (χ2v) is 7.79. The molecule has 0 amide bonds. The van der Waals surface area contributed by atoms with Crippen LogP contribution in [-0.2, 0) is 14.2 Å². The Morgan fingerprint density at radius 1 is 1.43 bits per heavy atom. The minimum absolute atomic E-state index is 0.150. The van der Waals surface area contributed by atoms with Crippen LogP contribution in [0.2, 0.25) is 0 Å². The van der Waals surface area contributed by atoms with Crippen LogP contribution >= 0.6 is 0 Å². The van der Waals surface area contributed by atoms with Crippen LogP contribution in [0.25, 0.3) is 0 Å². The summed E-state index contributed by atoms with van der Waals surface area (Å²) in [6.45, 7) is 15.2. The maximum Gasteiger partial charge on any atom is 0.161 e.